The Morgan fingerprint density at radius 2 is 1.88 bits per heavy atom. The van der Waals surface area contributed by atoms with Crippen LogP contribution in [0.2, 0.25) is 0 Å². The lowest BCUT2D eigenvalue weighted by Crippen LogP contribution is -2.31. The predicted molar refractivity (Wildman–Crippen MR) is 71.5 cm³/mol. The van der Waals surface area contributed by atoms with Crippen molar-refractivity contribution in [3.05, 3.63) is 35.4 Å². The van der Waals surface area contributed by atoms with Crippen molar-refractivity contribution in [3.8, 4) is 0 Å². The fraction of sp³-hybridized carbons (Fsp3) is 0.500. The van der Waals surface area contributed by atoms with Crippen LogP contribution in [0.4, 0.5) is 0 Å². The zero-order valence-electron chi connectivity index (χ0n) is 10.4. The summed E-state index contributed by atoms with van der Waals surface area (Å²) in [5.41, 5.74) is 2.58. The molecule has 0 aromatic heterocycles. The number of hydrogen-bond acceptors (Lipinski definition) is 2. The summed E-state index contributed by atoms with van der Waals surface area (Å²) in [6.45, 7) is 6.54. The summed E-state index contributed by atoms with van der Waals surface area (Å²) in [6, 6.07) is 8.39. The molecule has 1 aliphatic heterocycles. The Bertz CT molecular complexity index is 417. The Hall–Kier alpha value is -0.960. The van der Waals surface area contributed by atoms with E-state index in [0.29, 0.717) is 0 Å². The van der Waals surface area contributed by atoms with Gasteiger partial charge in [-0.05, 0) is 16.5 Å². The van der Waals surface area contributed by atoms with Gasteiger partial charge in [-0.2, -0.15) is 11.8 Å². The van der Waals surface area contributed by atoms with E-state index in [1.54, 1.807) is 11.8 Å². The van der Waals surface area contributed by atoms with Gasteiger partial charge in [0.25, 0.3) is 0 Å². The second-order valence-electron chi connectivity index (χ2n) is 5.57. The van der Waals surface area contributed by atoms with Gasteiger partial charge in [0, 0.05) is 11.0 Å². The smallest absolute Gasteiger partial charge is 0.308 e. The molecule has 0 radical (unpaired) electrons. The zero-order chi connectivity index (χ0) is 12.6. The fourth-order valence-electron chi connectivity index (χ4n) is 1.99. The van der Waals surface area contributed by atoms with Crippen LogP contribution in [0.3, 0.4) is 0 Å². The van der Waals surface area contributed by atoms with E-state index < -0.39 is 5.97 Å². The maximum atomic E-state index is 11.0. The molecule has 0 aliphatic carbocycles. The minimum absolute atomic E-state index is 0.140. The van der Waals surface area contributed by atoms with Gasteiger partial charge in [-0.25, -0.2) is 0 Å². The largest absolute Gasteiger partial charge is 0.481 e. The van der Waals surface area contributed by atoms with Crippen LogP contribution in [0.1, 0.15) is 37.1 Å². The molecule has 0 bridgehead atoms. The third-order valence-electron chi connectivity index (χ3n) is 3.24. The average Bonchev–Trinajstić information content (AvgIpc) is 2.14. The number of aliphatic carboxylic acids is 1. The van der Waals surface area contributed by atoms with Gasteiger partial charge >= 0.3 is 5.97 Å². The summed E-state index contributed by atoms with van der Waals surface area (Å²) in [5.74, 6) is -0.143. The van der Waals surface area contributed by atoms with Crippen molar-refractivity contribution in [2.24, 2.45) is 5.92 Å². The highest BCUT2D eigenvalue weighted by Crippen LogP contribution is 2.47. The summed E-state index contributed by atoms with van der Waals surface area (Å²) < 4.78 is 0. The van der Waals surface area contributed by atoms with Gasteiger partial charge in [-0.15, -0.1) is 0 Å². The highest BCUT2D eigenvalue weighted by molar-refractivity contribution is 8.01. The molecule has 2 unspecified atom stereocenters. The molecule has 1 N–H and O–H groups in total. The van der Waals surface area contributed by atoms with Gasteiger partial charge < -0.3 is 5.11 Å². The van der Waals surface area contributed by atoms with Crippen LogP contribution < -0.4 is 0 Å². The van der Waals surface area contributed by atoms with Crippen molar-refractivity contribution in [2.75, 3.05) is 5.75 Å². The molecule has 1 aromatic rings. The van der Waals surface area contributed by atoms with Crippen molar-refractivity contribution >= 4 is 17.7 Å². The molecule has 1 aromatic carbocycles. The van der Waals surface area contributed by atoms with Crippen LogP contribution in [-0.2, 0) is 10.2 Å². The zero-order valence-corrected chi connectivity index (χ0v) is 11.3. The van der Waals surface area contributed by atoms with E-state index in [2.05, 4.69) is 45.0 Å². The van der Waals surface area contributed by atoms with Crippen molar-refractivity contribution in [2.45, 2.75) is 31.4 Å². The summed E-state index contributed by atoms with van der Waals surface area (Å²) in [5, 5.41) is 9.18. The summed E-state index contributed by atoms with van der Waals surface area (Å²) in [7, 11) is 0. The molecule has 0 spiro atoms. The number of carboxylic acids is 1. The summed E-state index contributed by atoms with van der Waals surface area (Å²) in [6.07, 6.45) is 0. The van der Waals surface area contributed by atoms with Crippen LogP contribution in [-0.4, -0.2) is 16.8 Å². The number of carboxylic acid groups (broad SMARTS) is 1. The van der Waals surface area contributed by atoms with Crippen LogP contribution in [0.15, 0.2) is 24.3 Å². The second kappa shape index (κ2) is 4.37. The fourth-order valence-corrected chi connectivity index (χ4v) is 3.18. The Morgan fingerprint density at radius 1 is 1.29 bits per heavy atom. The molecule has 2 nitrogen and oxygen atoms in total. The van der Waals surface area contributed by atoms with E-state index >= 15 is 0 Å². The van der Waals surface area contributed by atoms with E-state index in [1.807, 2.05) is 0 Å². The Labute approximate surface area is 106 Å². The molecule has 1 heterocycles. The van der Waals surface area contributed by atoms with Crippen LogP contribution in [0.5, 0.6) is 0 Å². The first-order chi connectivity index (χ1) is 7.89. The first kappa shape index (κ1) is 12.5. The van der Waals surface area contributed by atoms with Crippen molar-refractivity contribution in [1.82, 2.24) is 0 Å². The molecule has 3 heteroatoms. The lowest BCUT2D eigenvalue weighted by molar-refractivity contribution is -0.141. The molecule has 2 rings (SSSR count). The number of carbonyl (C=O) groups is 1. The van der Waals surface area contributed by atoms with E-state index in [0.717, 1.165) is 11.3 Å². The first-order valence-corrected chi connectivity index (χ1v) is 6.89. The number of thioether (sulfide) groups is 1. The molecule has 17 heavy (non-hydrogen) atoms. The van der Waals surface area contributed by atoms with Gasteiger partial charge in [0.05, 0.1) is 5.92 Å². The van der Waals surface area contributed by atoms with Crippen molar-refractivity contribution < 1.29 is 9.90 Å². The molecule has 1 saturated heterocycles. The molecule has 1 fully saturated rings. The lowest BCUT2D eigenvalue weighted by Gasteiger charge is -2.33. The average molecular weight is 250 g/mol. The SMILES string of the molecule is CC(C)(C)c1ccc(C2SCC2C(=O)O)cc1. The maximum absolute atomic E-state index is 11.0. The number of hydrogen-bond donors (Lipinski definition) is 1. The van der Waals surface area contributed by atoms with Gasteiger partial charge in [-0.3, -0.25) is 4.79 Å². The van der Waals surface area contributed by atoms with Gasteiger partial charge in [-0.1, -0.05) is 45.0 Å². The van der Waals surface area contributed by atoms with Gasteiger partial charge in [0.2, 0.25) is 0 Å². The minimum atomic E-state index is -0.673. The normalized spacial score (nSPS) is 24.2. The molecular weight excluding hydrogens is 232 g/mol. The summed E-state index contributed by atoms with van der Waals surface area (Å²) in [4.78, 5) is 11.0. The topological polar surface area (TPSA) is 37.3 Å². The van der Waals surface area contributed by atoms with Gasteiger partial charge in [0.1, 0.15) is 0 Å². The minimum Gasteiger partial charge on any atom is -0.481 e. The Morgan fingerprint density at radius 3 is 2.24 bits per heavy atom. The van der Waals surface area contributed by atoms with Gasteiger partial charge in [0.15, 0.2) is 0 Å². The molecular formula is C14H18O2S. The van der Waals surface area contributed by atoms with Crippen molar-refractivity contribution in [3.63, 3.8) is 0 Å². The quantitative estimate of drug-likeness (QED) is 0.873. The van der Waals surface area contributed by atoms with E-state index in [-0.39, 0.29) is 16.6 Å². The molecule has 0 amide bonds. The standard InChI is InChI=1S/C14H18O2S/c1-14(2,3)10-6-4-9(5-7-10)12-11(8-17-12)13(15)16/h4-7,11-12H,8H2,1-3H3,(H,15,16). The van der Waals surface area contributed by atoms with Crippen LogP contribution in [0, 0.1) is 5.92 Å². The number of rotatable bonds is 2. The lowest BCUT2D eigenvalue weighted by atomic mass is 9.86. The predicted octanol–water partition coefficient (Wildman–Crippen LogP) is 3.47. The highest BCUT2D eigenvalue weighted by Gasteiger charge is 2.38. The maximum Gasteiger partial charge on any atom is 0.308 e. The van der Waals surface area contributed by atoms with E-state index in [4.69, 9.17) is 5.11 Å². The number of benzene rings is 1. The first-order valence-electron chi connectivity index (χ1n) is 5.84. The molecule has 1 aliphatic rings. The van der Waals surface area contributed by atoms with Crippen molar-refractivity contribution in [1.29, 1.82) is 0 Å². The van der Waals surface area contributed by atoms with E-state index in [1.165, 1.54) is 5.56 Å². The highest BCUT2D eigenvalue weighted by atomic mass is 32.2. The third kappa shape index (κ3) is 2.49. The summed E-state index contributed by atoms with van der Waals surface area (Å²) >= 11 is 1.73. The van der Waals surface area contributed by atoms with E-state index in [9.17, 15) is 4.79 Å². The molecule has 92 valence electrons. The Kier molecular flexibility index (Phi) is 3.21. The monoisotopic (exact) mass is 250 g/mol. The Balaban J connectivity index is 2.16. The molecule has 0 saturated carbocycles. The van der Waals surface area contributed by atoms with Crippen LogP contribution >= 0.6 is 11.8 Å². The third-order valence-corrected chi connectivity index (χ3v) is 4.75. The molecule has 2 atom stereocenters. The second-order valence-corrected chi connectivity index (χ2v) is 6.75. The van der Waals surface area contributed by atoms with Crippen LogP contribution in [0.25, 0.3) is 0 Å².